The molecule has 1 spiro atoms. The molecule has 7 amide bonds. The summed E-state index contributed by atoms with van der Waals surface area (Å²) in [5, 5.41) is 9.69. The van der Waals surface area contributed by atoms with Gasteiger partial charge in [0.2, 0.25) is 5.91 Å². The first kappa shape index (κ1) is 46.0. The number of carbonyl (C=O) groups is 6. The lowest BCUT2D eigenvalue weighted by molar-refractivity contribution is -0.155. The summed E-state index contributed by atoms with van der Waals surface area (Å²) in [5.74, 6) is -2.09. The Hall–Kier alpha value is -6.59. The highest BCUT2D eigenvalue weighted by molar-refractivity contribution is 6.10. The Morgan fingerprint density at radius 3 is 2.53 bits per heavy atom. The van der Waals surface area contributed by atoms with Crippen molar-refractivity contribution in [3.8, 4) is 22.4 Å². The summed E-state index contributed by atoms with van der Waals surface area (Å²) in [6.07, 6.45) is 4.13. The number of nitrogens with one attached hydrogen (secondary N) is 3. The van der Waals surface area contributed by atoms with Gasteiger partial charge in [-0.3, -0.25) is 29.2 Å². The first-order valence-electron chi connectivity index (χ1n) is 22.6. The second-order valence-electron chi connectivity index (χ2n) is 18.8. The van der Waals surface area contributed by atoms with Crippen LogP contribution in [0, 0.1) is 5.41 Å². The number of aromatic nitrogens is 2. The van der Waals surface area contributed by atoms with Gasteiger partial charge in [-0.25, -0.2) is 20.0 Å². The van der Waals surface area contributed by atoms with Crippen LogP contribution >= 0.6 is 0 Å². The van der Waals surface area contributed by atoms with Gasteiger partial charge in [0.25, 0.3) is 11.8 Å². The number of urea groups is 2. The molecule has 4 aromatic rings. The standard InChI is InChI=1S/C49H59N9O8/c1-9-40(59)54-26-49(27-54)45(62)58(47(64)52-49)57(29(3)4)46(63)51-38-23-31-14-11-15-32(22-31)33-18-19-39-35(24-33)36(42(55(39)10-2)34-16-12-20-50-41(34)30(5)65-8)25-48(6,7)28-66-44(61)37-17-13-21-56(53-37)43(38)60/h9,11-12,14-16,18-20,22,24,29-30,37-38,53H,1,10,13,17,21,23,25-28H2,2-8H3,(H,51,63)(H,52,64)/t30-,37-,38-/m0/s1. The molecule has 66 heavy (non-hydrogen) atoms. The third-order valence-corrected chi connectivity index (χ3v) is 13.1. The van der Waals surface area contributed by atoms with Crippen molar-refractivity contribution in [1.82, 2.24) is 45.5 Å². The van der Waals surface area contributed by atoms with E-state index in [1.807, 2.05) is 37.3 Å². The number of carbonyl (C=O) groups excluding carboxylic acids is 6. The predicted molar refractivity (Wildman–Crippen MR) is 246 cm³/mol. The quantitative estimate of drug-likeness (QED) is 0.119. The van der Waals surface area contributed by atoms with Crippen molar-refractivity contribution in [2.75, 3.05) is 33.4 Å². The number of rotatable bonds is 8. The summed E-state index contributed by atoms with van der Waals surface area (Å²) in [6.45, 7) is 15.9. The number of methoxy groups -OCH3 is 1. The summed E-state index contributed by atoms with van der Waals surface area (Å²) in [4.78, 5) is 88.9. The van der Waals surface area contributed by atoms with Crippen molar-refractivity contribution in [3.63, 3.8) is 0 Å². The van der Waals surface area contributed by atoms with Crippen molar-refractivity contribution in [3.05, 3.63) is 90.3 Å². The summed E-state index contributed by atoms with van der Waals surface area (Å²) in [5.41, 5.74) is 8.65. The number of hydrogen-bond donors (Lipinski definition) is 3. The van der Waals surface area contributed by atoms with Crippen LogP contribution in [0.3, 0.4) is 0 Å². The van der Waals surface area contributed by atoms with Gasteiger partial charge < -0.3 is 29.6 Å². The zero-order chi connectivity index (χ0) is 47.2. The maximum atomic E-state index is 14.7. The Morgan fingerprint density at radius 1 is 1.06 bits per heavy atom. The molecule has 3 fully saturated rings. The first-order valence-corrected chi connectivity index (χ1v) is 22.6. The number of amides is 7. The van der Waals surface area contributed by atoms with E-state index in [9.17, 15) is 28.8 Å². The maximum Gasteiger partial charge on any atom is 0.344 e. The Labute approximate surface area is 384 Å². The number of hydrogen-bond acceptors (Lipinski definition) is 10. The number of aryl methyl sites for hydroxylation is 1. The molecule has 2 aromatic heterocycles. The number of imide groups is 1. The molecule has 0 aliphatic carbocycles. The Balaban J connectivity index is 1.19. The molecular formula is C49H59N9O8. The molecule has 17 nitrogen and oxygen atoms in total. The van der Waals surface area contributed by atoms with E-state index >= 15 is 0 Å². The molecule has 3 saturated heterocycles. The van der Waals surface area contributed by atoms with Gasteiger partial charge in [0, 0.05) is 54.7 Å². The van der Waals surface area contributed by atoms with Gasteiger partial charge >= 0.3 is 18.0 Å². The zero-order valence-electron chi connectivity index (χ0n) is 38.7. The molecule has 4 aliphatic rings. The largest absolute Gasteiger partial charge is 0.464 e. The highest BCUT2D eigenvalue weighted by Crippen LogP contribution is 2.42. The molecule has 3 N–H and O–H groups in total. The topological polar surface area (TPSA) is 188 Å². The molecule has 0 unspecified atom stereocenters. The van der Waals surface area contributed by atoms with E-state index in [1.165, 1.54) is 9.91 Å². The van der Waals surface area contributed by atoms with Crippen LogP contribution < -0.4 is 16.1 Å². The van der Waals surface area contributed by atoms with Crippen molar-refractivity contribution < 1.29 is 38.2 Å². The van der Waals surface area contributed by atoms with Crippen LogP contribution in [0.2, 0.25) is 0 Å². The molecule has 0 saturated carbocycles. The number of hydrazine groups is 2. The maximum absolute atomic E-state index is 14.7. The van der Waals surface area contributed by atoms with Gasteiger partial charge in [0.1, 0.15) is 12.1 Å². The zero-order valence-corrected chi connectivity index (χ0v) is 38.7. The fraction of sp³-hybridized carbons (Fsp3) is 0.449. The fourth-order valence-corrected chi connectivity index (χ4v) is 9.66. The summed E-state index contributed by atoms with van der Waals surface area (Å²) in [6, 6.07) is 13.7. The van der Waals surface area contributed by atoms with E-state index in [-0.39, 0.29) is 44.7 Å². The molecule has 2 aromatic carbocycles. The Morgan fingerprint density at radius 2 is 1.82 bits per heavy atom. The van der Waals surface area contributed by atoms with E-state index in [0.29, 0.717) is 25.8 Å². The fourth-order valence-electron chi connectivity index (χ4n) is 9.66. The van der Waals surface area contributed by atoms with Crippen molar-refractivity contribution in [1.29, 1.82) is 0 Å². The van der Waals surface area contributed by atoms with Crippen LogP contribution in [0.5, 0.6) is 0 Å². The normalized spacial score (nSPS) is 21.0. The highest BCUT2D eigenvalue weighted by Gasteiger charge is 2.61. The van der Waals surface area contributed by atoms with Gasteiger partial charge in [-0.1, -0.05) is 50.8 Å². The molecule has 0 radical (unpaired) electrons. The summed E-state index contributed by atoms with van der Waals surface area (Å²) >= 11 is 0. The van der Waals surface area contributed by atoms with Crippen LogP contribution in [0.1, 0.15) is 77.3 Å². The lowest BCUT2D eigenvalue weighted by atomic mass is 9.84. The minimum absolute atomic E-state index is 0.0276. The predicted octanol–water partition coefficient (Wildman–Crippen LogP) is 5.28. The second kappa shape index (κ2) is 18.0. The van der Waals surface area contributed by atoms with Gasteiger partial charge in [0.05, 0.1) is 43.2 Å². The first-order chi connectivity index (χ1) is 31.5. The van der Waals surface area contributed by atoms with Crippen LogP contribution in [0.4, 0.5) is 9.59 Å². The van der Waals surface area contributed by atoms with Crippen molar-refractivity contribution >= 4 is 46.7 Å². The molecule has 4 aliphatic heterocycles. The molecular weight excluding hydrogens is 843 g/mol. The number of ether oxygens (including phenoxy) is 2. The monoisotopic (exact) mass is 901 g/mol. The molecule has 17 heteroatoms. The minimum atomic E-state index is -1.40. The van der Waals surface area contributed by atoms with Gasteiger partial charge in [0.15, 0.2) is 5.54 Å². The van der Waals surface area contributed by atoms with E-state index in [4.69, 9.17) is 14.5 Å². The van der Waals surface area contributed by atoms with E-state index < -0.39 is 58.9 Å². The lowest BCUT2D eigenvalue weighted by Crippen LogP contribution is -2.72. The third kappa shape index (κ3) is 8.41. The van der Waals surface area contributed by atoms with Crippen LogP contribution in [0.25, 0.3) is 33.3 Å². The number of benzene rings is 2. The van der Waals surface area contributed by atoms with E-state index in [2.05, 4.69) is 72.2 Å². The summed E-state index contributed by atoms with van der Waals surface area (Å²) in [7, 11) is 1.67. The Kier molecular flexibility index (Phi) is 12.5. The Bertz CT molecular complexity index is 2620. The van der Waals surface area contributed by atoms with Crippen LogP contribution in [-0.2, 0) is 48.0 Å². The number of likely N-dealkylation sites (tertiary alicyclic amines) is 1. The van der Waals surface area contributed by atoms with Crippen molar-refractivity contribution in [2.45, 2.75) is 104 Å². The SMILES string of the molecule is C=CC(=O)N1CC2(C1)NC(=O)N(N(C(=O)N[C@H]1Cc3cccc(c3)-c3ccc4c(c3)c(c(-c3cccnc3[C@H](C)OC)n4CC)CC(C)(C)COC(=O)[C@@H]3CCCN(N3)C1=O)C(C)C)C2=O. The molecule has 3 atom stereocenters. The van der Waals surface area contributed by atoms with Crippen molar-refractivity contribution in [2.24, 2.45) is 5.41 Å². The number of nitrogens with zero attached hydrogens (tertiary/aromatic N) is 6. The molecule has 6 heterocycles. The second-order valence-corrected chi connectivity index (χ2v) is 18.8. The smallest absolute Gasteiger partial charge is 0.344 e. The van der Waals surface area contributed by atoms with Gasteiger partial charge in [-0.15, -0.1) is 0 Å². The van der Waals surface area contributed by atoms with Crippen LogP contribution in [0.15, 0.2) is 73.4 Å². The highest BCUT2D eigenvalue weighted by atomic mass is 16.5. The average molecular weight is 902 g/mol. The average Bonchev–Trinajstić information content (AvgIpc) is 3.74. The van der Waals surface area contributed by atoms with Gasteiger partial charge in [-0.2, -0.15) is 5.01 Å². The number of fused-ring (bicyclic) bond motifs is 6. The molecule has 8 rings (SSSR count). The van der Waals surface area contributed by atoms with Crippen LogP contribution in [-0.4, -0.2) is 122 Å². The lowest BCUT2D eigenvalue weighted by Gasteiger charge is -2.45. The number of cyclic esters (lactones) is 1. The third-order valence-electron chi connectivity index (χ3n) is 13.1. The minimum Gasteiger partial charge on any atom is -0.464 e. The summed E-state index contributed by atoms with van der Waals surface area (Å²) < 4.78 is 14.2. The number of pyridine rings is 1. The molecule has 6 bridgehead atoms. The number of esters is 1. The van der Waals surface area contributed by atoms with E-state index in [1.54, 1.807) is 27.2 Å². The van der Waals surface area contributed by atoms with E-state index in [0.717, 1.165) is 66.2 Å². The van der Waals surface area contributed by atoms with Gasteiger partial charge in [-0.05, 0) is 99.6 Å². The molecule has 348 valence electrons.